The fourth-order valence-corrected chi connectivity index (χ4v) is 0.917. The van der Waals surface area contributed by atoms with Crippen molar-refractivity contribution in [3.63, 3.8) is 0 Å². The lowest BCUT2D eigenvalue weighted by Crippen LogP contribution is -2.03. The molecule has 1 rings (SSSR count). The molecule has 0 unspecified atom stereocenters. The van der Waals surface area contributed by atoms with Gasteiger partial charge in [-0.25, -0.2) is 9.18 Å². The molecule has 1 N–H and O–H groups in total. The zero-order valence-electron chi connectivity index (χ0n) is 5.92. The molecular formula is C7H5ClFNO2. The molecule has 0 aliphatic heterocycles. The van der Waals surface area contributed by atoms with Crippen molar-refractivity contribution in [1.82, 2.24) is 4.98 Å². The van der Waals surface area contributed by atoms with Gasteiger partial charge in [0.1, 0.15) is 6.67 Å². The summed E-state index contributed by atoms with van der Waals surface area (Å²) in [5, 5.41) is 8.74. The zero-order valence-corrected chi connectivity index (χ0v) is 6.68. The smallest absolute Gasteiger partial charge is 0.337 e. The highest BCUT2D eigenvalue weighted by Gasteiger charge is 2.11. The van der Waals surface area contributed by atoms with E-state index in [0.29, 0.717) is 0 Å². The van der Waals surface area contributed by atoms with Crippen LogP contribution < -0.4 is 0 Å². The Labute approximate surface area is 72.8 Å². The van der Waals surface area contributed by atoms with Crippen LogP contribution in [0.1, 0.15) is 16.1 Å². The lowest BCUT2D eigenvalue weighted by atomic mass is 10.2. The first-order valence-corrected chi connectivity index (χ1v) is 3.46. The Kier molecular flexibility index (Phi) is 2.60. The lowest BCUT2D eigenvalue weighted by Gasteiger charge is -1.99. The van der Waals surface area contributed by atoms with Gasteiger partial charge in [-0.3, -0.25) is 4.98 Å². The van der Waals surface area contributed by atoms with Gasteiger partial charge in [0.05, 0.1) is 16.3 Å². The molecule has 0 saturated carbocycles. The van der Waals surface area contributed by atoms with E-state index in [2.05, 4.69) is 4.98 Å². The fraction of sp³-hybridized carbons (Fsp3) is 0.143. The van der Waals surface area contributed by atoms with Crippen LogP contribution in [0.25, 0.3) is 0 Å². The zero-order chi connectivity index (χ0) is 9.14. The van der Waals surface area contributed by atoms with Gasteiger partial charge in [0.25, 0.3) is 0 Å². The van der Waals surface area contributed by atoms with Crippen molar-refractivity contribution in [2.24, 2.45) is 0 Å². The summed E-state index contributed by atoms with van der Waals surface area (Å²) in [4.78, 5) is 14.0. The van der Waals surface area contributed by atoms with Gasteiger partial charge in [0.15, 0.2) is 0 Å². The predicted molar refractivity (Wildman–Crippen MR) is 41.0 cm³/mol. The van der Waals surface area contributed by atoms with Crippen LogP contribution in [-0.2, 0) is 6.67 Å². The number of carboxylic acid groups (broad SMARTS) is 1. The van der Waals surface area contributed by atoms with Crippen molar-refractivity contribution < 1.29 is 14.3 Å². The van der Waals surface area contributed by atoms with Gasteiger partial charge >= 0.3 is 5.97 Å². The molecule has 0 atom stereocenters. The minimum Gasteiger partial charge on any atom is -0.478 e. The van der Waals surface area contributed by atoms with E-state index in [4.69, 9.17) is 16.7 Å². The van der Waals surface area contributed by atoms with Crippen molar-refractivity contribution in [1.29, 1.82) is 0 Å². The van der Waals surface area contributed by atoms with Gasteiger partial charge < -0.3 is 5.11 Å². The van der Waals surface area contributed by atoms with Crippen molar-refractivity contribution in [3.8, 4) is 0 Å². The molecule has 0 radical (unpaired) electrons. The van der Waals surface area contributed by atoms with E-state index in [1.54, 1.807) is 0 Å². The van der Waals surface area contributed by atoms with Gasteiger partial charge in [-0.1, -0.05) is 11.6 Å². The molecule has 3 nitrogen and oxygen atoms in total. The molecule has 64 valence electrons. The average molecular weight is 190 g/mol. The number of halogens is 2. The first-order valence-electron chi connectivity index (χ1n) is 3.09. The molecule has 1 heterocycles. The predicted octanol–water partition coefficient (Wildman–Crippen LogP) is 1.90. The third-order valence-corrected chi connectivity index (χ3v) is 1.50. The number of pyridine rings is 1. The number of rotatable bonds is 2. The number of alkyl halides is 1. The van der Waals surface area contributed by atoms with E-state index in [0.717, 1.165) is 0 Å². The largest absolute Gasteiger partial charge is 0.478 e. The normalized spacial score (nSPS) is 9.83. The summed E-state index contributed by atoms with van der Waals surface area (Å²) in [6.07, 6.45) is 1.21. The highest BCUT2D eigenvalue weighted by molar-refractivity contribution is 6.30. The number of aromatic nitrogens is 1. The van der Waals surface area contributed by atoms with E-state index in [1.165, 1.54) is 12.3 Å². The van der Waals surface area contributed by atoms with Crippen molar-refractivity contribution >= 4 is 17.6 Å². The Morgan fingerprint density at radius 1 is 1.75 bits per heavy atom. The lowest BCUT2D eigenvalue weighted by molar-refractivity contribution is 0.0694. The Balaban J connectivity index is 3.21. The van der Waals surface area contributed by atoms with Crippen LogP contribution in [0, 0.1) is 0 Å². The number of carboxylic acids is 1. The molecular weight excluding hydrogens is 185 g/mol. The van der Waals surface area contributed by atoms with Gasteiger partial charge in [0, 0.05) is 6.20 Å². The van der Waals surface area contributed by atoms with Gasteiger partial charge in [-0.05, 0) is 6.07 Å². The van der Waals surface area contributed by atoms with Crippen LogP contribution >= 0.6 is 11.6 Å². The van der Waals surface area contributed by atoms with Crippen LogP contribution in [0.2, 0.25) is 5.02 Å². The Bertz CT molecular complexity index is 316. The number of nitrogens with zero attached hydrogens (tertiary/aromatic N) is 1. The van der Waals surface area contributed by atoms with Gasteiger partial charge in [-0.2, -0.15) is 0 Å². The SMILES string of the molecule is O=C(O)c1cc(Cl)cnc1CF. The minimum absolute atomic E-state index is 0.105. The third kappa shape index (κ3) is 1.71. The number of hydrogen-bond donors (Lipinski definition) is 1. The maximum Gasteiger partial charge on any atom is 0.337 e. The van der Waals surface area contributed by atoms with Crippen LogP contribution in [0.3, 0.4) is 0 Å². The molecule has 0 saturated heterocycles. The van der Waals surface area contributed by atoms with E-state index >= 15 is 0 Å². The minimum atomic E-state index is -1.22. The average Bonchev–Trinajstić information content (AvgIpc) is 2.04. The maximum absolute atomic E-state index is 12.1. The van der Waals surface area contributed by atoms with Crippen LogP contribution in [-0.4, -0.2) is 16.1 Å². The number of aromatic carboxylic acids is 1. The molecule has 1 aromatic rings. The topological polar surface area (TPSA) is 50.2 Å². The van der Waals surface area contributed by atoms with E-state index in [1.807, 2.05) is 0 Å². The molecule has 0 aromatic carbocycles. The monoisotopic (exact) mass is 189 g/mol. The molecule has 0 aliphatic carbocycles. The summed E-state index contributed by atoms with van der Waals surface area (Å²) in [6, 6.07) is 1.17. The van der Waals surface area contributed by atoms with Crippen LogP contribution in [0.4, 0.5) is 4.39 Å². The highest BCUT2D eigenvalue weighted by atomic mass is 35.5. The summed E-state index contributed by atoms with van der Waals surface area (Å²) in [5.41, 5.74) is -0.295. The second-order valence-electron chi connectivity index (χ2n) is 2.09. The first-order chi connectivity index (χ1) is 5.65. The summed E-state index contributed by atoms with van der Waals surface area (Å²) in [6.45, 7) is -0.904. The highest BCUT2D eigenvalue weighted by Crippen LogP contribution is 2.13. The first kappa shape index (κ1) is 8.93. The molecule has 0 bridgehead atoms. The van der Waals surface area contributed by atoms with E-state index in [-0.39, 0.29) is 16.3 Å². The maximum atomic E-state index is 12.1. The molecule has 1 aromatic heterocycles. The third-order valence-electron chi connectivity index (χ3n) is 1.29. The molecule has 5 heteroatoms. The van der Waals surface area contributed by atoms with E-state index in [9.17, 15) is 9.18 Å². The second-order valence-corrected chi connectivity index (χ2v) is 2.52. The Morgan fingerprint density at radius 3 is 2.92 bits per heavy atom. The standard InChI is InChI=1S/C7H5ClFNO2/c8-4-1-5(7(11)12)6(2-9)10-3-4/h1,3H,2H2,(H,11,12). The summed E-state index contributed by atoms with van der Waals surface area (Å²) in [7, 11) is 0. The summed E-state index contributed by atoms with van der Waals surface area (Å²) < 4.78 is 12.1. The molecule has 0 aliphatic rings. The number of hydrogen-bond acceptors (Lipinski definition) is 2. The molecule has 0 amide bonds. The molecule has 0 fully saturated rings. The summed E-state index contributed by atoms with van der Waals surface area (Å²) in [5.74, 6) is -1.22. The van der Waals surface area contributed by atoms with Crippen molar-refractivity contribution in [2.75, 3.05) is 0 Å². The fourth-order valence-electron chi connectivity index (χ4n) is 0.759. The number of carbonyl (C=O) groups is 1. The van der Waals surface area contributed by atoms with Crippen LogP contribution in [0.15, 0.2) is 12.3 Å². The van der Waals surface area contributed by atoms with E-state index < -0.39 is 12.6 Å². The quantitative estimate of drug-likeness (QED) is 0.773. The molecule has 12 heavy (non-hydrogen) atoms. The Morgan fingerprint density at radius 2 is 2.42 bits per heavy atom. The van der Waals surface area contributed by atoms with Crippen molar-refractivity contribution in [2.45, 2.75) is 6.67 Å². The summed E-state index contributed by atoms with van der Waals surface area (Å²) >= 11 is 5.47. The Hall–Kier alpha value is -1.16. The second kappa shape index (κ2) is 3.49. The molecule has 0 spiro atoms. The van der Waals surface area contributed by atoms with Gasteiger partial charge in [0.2, 0.25) is 0 Å². The van der Waals surface area contributed by atoms with Gasteiger partial charge in [-0.15, -0.1) is 0 Å². The van der Waals surface area contributed by atoms with Crippen molar-refractivity contribution in [3.05, 3.63) is 28.5 Å². The van der Waals surface area contributed by atoms with Crippen LogP contribution in [0.5, 0.6) is 0 Å².